The van der Waals surface area contributed by atoms with Gasteiger partial charge in [0.15, 0.2) is 0 Å². The van der Waals surface area contributed by atoms with E-state index in [2.05, 4.69) is 23.5 Å². The Hall–Kier alpha value is -1.06. The third-order valence-electron chi connectivity index (χ3n) is 4.81. The zero-order valence-electron chi connectivity index (χ0n) is 12.5. The zero-order chi connectivity index (χ0) is 14.0. The molecule has 0 aromatic heterocycles. The average molecular weight is 275 g/mol. The van der Waals surface area contributed by atoms with Crippen LogP contribution in [-0.2, 0) is 11.2 Å². The zero-order valence-corrected chi connectivity index (χ0v) is 12.5. The smallest absolute Gasteiger partial charge is 0.122 e. The van der Waals surface area contributed by atoms with Crippen LogP contribution in [0.15, 0.2) is 24.3 Å². The molecule has 0 radical (unpaired) electrons. The monoisotopic (exact) mass is 275 g/mol. The van der Waals surface area contributed by atoms with E-state index in [0.29, 0.717) is 6.10 Å². The number of benzene rings is 1. The molecule has 1 saturated carbocycles. The number of hydrogen-bond acceptors (Lipinski definition) is 3. The van der Waals surface area contributed by atoms with Crippen molar-refractivity contribution < 1.29 is 9.47 Å². The lowest BCUT2D eigenvalue weighted by Crippen LogP contribution is -2.42. The third-order valence-corrected chi connectivity index (χ3v) is 4.81. The molecule has 2 unspecified atom stereocenters. The first kappa shape index (κ1) is 13.9. The van der Waals surface area contributed by atoms with Gasteiger partial charge in [-0.1, -0.05) is 18.2 Å². The number of para-hydroxylation sites is 1. The summed E-state index contributed by atoms with van der Waals surface area (Å²) in [4.78, 5) is 0. The molecule has 3 heteroatoms. The molecule has 1 heterocycles. The Bertz CT molecular complexity index is 458. The summed E-state index contributed by atoms with van der Waals surface area (Å²) in [6.45, 7) is 1.92. The maximum absolute atomic E-state index is 6.11. The molecule has 0 spiro atoms. The van der Waals surface area contributed by atoms with Crippen LogP contribution >= 0.6 is 0 Å². The second-order valence-electron chi connectivity index (χ2n) is 6.26. The van der Waals surface area contributed by atoms with Gasteiger partial charge >= 0.3 is 0 Å². The van der Waals surface area contributed by atoms with E-state index < -0.39 is 0 Å². The van der Waals surface area contributed by atoms with Crippen molar-refractivity contribution >= 4 is 0 Å². The normalized spacial score (nSPS) is 29.6. The van der Waals surface area contributed by atoms with Crippen LogP contribution in [0.5, 0.6) is 5.75 Å². The highest BCUT2D eigenvalue weighted by Crippen LogP contribution is 2.49. The van der Waals surface area contributed by atoms with Crippen molar-refractivity contribution in [3.05, 3.63) is 29.8 Å². The van der Waals surface area contributed by atoms with E-state index in [1.807, 2.05) is 13.1 Å². The summed E-state index contributed by atoms with van der Waals surface area (Å²) in [5, 5.41) is 3.40. The molecule has 1 saturated heterocycles. The maximum Gasteiger partial charge on any atom is 0.122 e. The van der Waals surface area contributed by atoms with Crippen LogP contribution in [-0.4, -0.2) is 33.4 Å². The Labute approximate surface area is 121 Å². The molecule has 1 aliphatic heterocycles. The number of hydrogen-bond donors (Lipinski definition) is 1. The fraction of sp³-hybridized carbons (Fsp3) is 0.647. The summed E-state index contributed by atoms with van der Waals surface area (Å²) in [5.74, 6) is 1.78. The van der Waals surface area contributed by atoms with Gasteiger partial charge in [-0.15, -0.1) is 0 Å². The molecule has 2 aliphatic rings. The number of rotatable bonds is 6. The maximum atomic E-state index is 6.11. The van der Waals surface area contributed by atoms with Crippen molar-refractivity contribution in [3.8, 4) is 5.75 Å². The van der Waals surface area contributed by atoms with Gasteiger partial charge in [0.25, 0.3) is 0 Å². The largest absolute Gasteiger partial charge is 0.496 e. The quantitative estimate of drug-likeness (QED) is 0.866. The molecule has 1 aromatic carbocycles. The molecule has 3 nitrogen and oxygen atoms in total. The number of methoxy groups -OCH3 is 1. The predicted octanol–water partition coefficient (Wildman–Crippen LogP) is 2.64. The fourth-order valence-corrected chi connectivity index (χ4v) is 3.76. The van der Waals surface area contributed by atoms with Crippen LogP contribution in [0.4, 0.5) is 0 Å². The van der Waals surface area contributed by atoms with Gasteiger partial charge in [0.05, 0.1) is 13.2 Å². The van der Waals surface area contributed by atoms with Crippen LogP contribution in [0.25, 0.3) is 0 Å². The van der Waals surface area contributed by atoms with Crippen molar-refractivity contribution in [2.24, 2.45) is 11.3 Å². The molecular weight excluding hydrogens is 250 g/mol. The van der Waals surface area contributed by atoms with Gasteiger partial charge in [-0.3, -0.25) is 0 Å². The van der Waals surface area contributed by atoms with Crippen molar-refractivity contribution in [1.29, 1.82) is 0 Å². The van der Waals surface area contributed by atoms with Crippen LogP contribution in [0.1, 0.15) is 24.8 Å². The minimum Gasteiger partial charge on any atom is -0.496 e. The van der Waals surface area contributed by atoms with E-state index in [1.54, 1.807) is 7.11 Å². The highest BCUT2D eigenvalue weighted by atomic mass is 16.5. The lowest BCUT2D eigenvalue weighted by Gasteiger charge is -2.35. The molecule has 110 valence electrons. The van der Waals surface area contributed by atoms with E-state index in [-0.39, 0.29) is 5.41 Å². The number of ether oxygens (including phenoxy) is 2. The molecule has 20 heavy (non-hydrogen) atoms. The highest BCUT2D eigenvalue weighted by Gasteiger charge is 2.50. The first-order valence-corrected chi connectivity index (χ1v) is 7.67. The van der Waals surface area contributed by atoms with Crippen LogP contribution in [0.2, 0.25) is 0 Å². The topological polar surface area (TPSA) is 30.5 Å². The second kappa shape index (κ2) is 5.74. The van der Waals surface area contributed by atoms with Gasteiger partial charge in [0, 0.05) is 18.6 Å². The summed E-state index contributed by atoms with van der Waals surface area (Å²) in [7, 11) is 3.80. The molecule has 1 N–H and O–H groups in total. The number of nitrogens with one attached hydrogen (secondary N) is 1. The van der Waals surface area contributed by atoms with Crippen molar-refractivity contribution in [1.82, 2.24) is 5.32 Å². The molecule has 0 amide bonds. The minimum absolute atomic E-state index is 0.227. The second-order valence-corrected chi connectivity index (χ2v) is 6.26. The molecular formula is C17H25NO2. The summed E-state index contributed by atoms with van der Waals surface area (Å²) in [6, 6.07) is 8.40. The van der Waals surface area contributed by atoms with Gasteiger partial charge in [0.1, 0.15) is 5.75 Å². The lowest BCUT2D eigenvalue weighted by atomic mass is 9.74. The summed E-state index contributed by atoms with van der Waals surface area (Å²) >= 11 is 0. The van der Waals surface area contributed by atoms with E-state index in [1.165, 1.54) is 18.4 Å². The Balaban J connectivity index is 1.86. The van der Waals surface area contributed by atoms with Crippen molar-refractivity contribution in [3.63, 3.8) is 0 Å². The van der Waals surface area contributed by atoms with Crippen molar-refractivity contribution in [2.75, 3.05) is 27.3 Å². The lowest BCUT2D eigenvalue weighted by molar-refractivity contribution is 0.0312. The molecule has 2 fully saturated rings. The third kappa shape index (κ3) is 2.57. The van der Waals surface area contributed by atoms with E-state index in [4.69, 9.17) is 9.47 Å². The Morgan fingerprint density at radius 1 is 1.35 bits per heavy atom. The summed E-state index contributed by atoms with van der Waals surface area (Å²) in [5.41, 5.74) is 1.53. The standard InChI is InChI=1S/C17H25NO2/c1-18-12-17(9-10-20-16(17)13-7-8-13)11-14-5-3-4-6-15(14)19-2/h3-6,13,16,18H,7-12H2,1-2H3. The van der Waals surface area contributed by atoms with Gasteiger partial charge in [-0.2, -0.15) is 0 Å². The molecule has 1 aromatic rings. The van der Waals surface area contributed by atoms with Gasteiger partial charge in [-0.25, -0.2) is 0 Å². The van der Waals surface area contributed by atoms with Crippen LogP contribution in [0, 0.1) is 11.3 Å². The Kier molecular flexibility index (Phi) is 3.99. The molecule has 1 aliphatic carbocycles. The van der Waals surface area contributed by atoms with Crippen LogP contribution in [0.3, 0.4) is 0 Å². The molecule has 0 bridgehead atoms. The SMILES string of the molecule is CNCC1(Cc2ccccc2OC)CCOC1C1CC1. The van der Waals surface area contributed by atoms with E-state index in [0.717, 1.165) is 37.7 Å². The highest BCUT2D eigenvalue weighted by molar-refractivity contribution is 5.34. The van der Waals surface area contributed by atoms with Crippen molar-refractivity contribution in [2.45, 2.75) is 31.8 Å². The first-order chi connectivity index (χ1) is 9.79. The molecule has 3 rings (SSSR count). The van der Waals surface area contributed by atoms with Crippen LogP contribution < -0.4 is 10.1 Å². The van der Waals surface area contributed by atoms with Gasteiger partial charge in [0.2, 0.25) is 0 Å². The Morgan fingerprint density at radius 2 is 2.15 bits per heavy atom. The summed E-state index contributed by atoms with van der Waals surface area (Å²) in [6.07, 6.45) is 5.27. The summed E-state index contributed by atoms with van der Waals surface area (Å²) < 4.78 is 11.6. The van der Waals surface area contributed by atoms with Gasteiger partial charge in [-0.05, 0) is 50.3 Å². The fourth-order valence-electron chi connectivity index (χ4n) is 3.76. The first-order valence-electron chi connectivity index (χ1n) is 7.67. The molecule has 2 atom stereocenters. The van der Waals surface area contributed by atoms with E-state index >= 15 is 0 Å². The van der Waals surface area contributed by atoms with E-state index in [9.17, 15) is 0 Å². The average Bonchev–Trinajstić information content (AvgIpc) is 3.22. The van der Waals surface area contributed by atoms with Gasteiger partial charge < -0.3 is 14.8 Å². The predicted molar refractivity (Wildman–Crippen MR) is 80.1 cm³/mol. The minimum atomic E-state index is 0.227. The Morgan fingerprint density at radius 3 is 2.85 bits per heavy atom.